The Hall–Kier alpha value is -5.25. The minimum atomic E-state index is -0.582. The summed E-state index contributed by atoms with van der Waals surface area (Å²) < 4.78 is 22.5. The van der Waals surface area contributed by atoms with E-state index in [0.717, 1.165) is 26.9 Å². The van der Waals surface area contributed by atoms with E-state index in [2.05, 4.69) is 46.3 Å². The standard InChI is InChI=1S/C39H45N3O7/c1-38(2,3)48-36(44)40-18-8-20-46-29-22-28(23-30(24-29)47-21-9-19-41-37(45)49-39(4,5)6)35(43)42-32-17-15-27-13-12-25-10-7-11-26-14-16-31(32)34(27)33(25)26/h7,10-17,22-24H,8-9,18-21H2,1-6H3,(H,40,44)(H,41,45)(H,42,43). The molecule has 10 nitrogen and oxygen atoms in total. The molecule has 0 unspecified atom stereocenters. The van der Waals surface area contributed by atoms with Crippen molar-refractivity contribution in [3.05, 3.63) is 78.4 Å². The molecule has 0 aromatic heterocycles. The van der Waals surface area contributed by atoms with Gasteiger partial charge in [0.25, 0.3) is 5.91 Å². The molecule has 5 aromatic rings. The number of nitrogens with one attached hydrogen (secondary N) is 3. The minimum absolute atomic E-state index is 0.287. The van der Waals surface area contributed by atoms with Crippen LogP contribution in [-0.2, 0) is 9.47 Å². The Balaban J connectivity index is 1.29. The van der Waals surface area contributed by atoms with E-state index in [1.165, 1.54) is 5.39 Å². The maximum Gasteiger partial charge on any atom is 0.407 e. The quantitative estimate of drug-likeness (QED) is 0.0901. The fourth-order valence-electron chi connectivity index (χ4n) is 5.44. The lowest BCUT2D eigenvalue weighted by Crippen LogP contribution is -2.33. The highest BCUT2D eigenvalue weighted by atomic mass is 16.6. The van der Waals surface area contributed by atoms with E-state index in [-0.39, 0.29) is 19.1 Å². The van der Waals surface area contributed by atoms with Crippen LogP contribution in [-0.4, -0.2) is 55.6 Å². The second kappa shape index (κ2) is 14.9. The van der Waals surface area contributed by atoms with Crippen LogP contribution in [0.15, 0.2) is 72.8 Å². The lowest BCUT2D eigenvalue weighted by molar-refractivity contribution is 0.0514. The summed E-state index contributed by atoms with van der Waals surface area (Å²) in [7, 11) is 0. The molecule has 258 valence electrons. The Morgan fingerprint density at radius 1 is 0.612 bits per heavy atom. The summed E-state index contributed by atoms with van der Waals surface area (Å²) in [5.74, 6) is 0.577. The Labute approximate surface area is 286 Å². The van der Waals surface area contributed by atoms with Gasteiger partial charge in [-0.3, -0.25) is 4.79 Å². The first kappa shape index (κ1) is 35.1. The van der Waals surface area contributed by atoms with Crippen LogP contribution in [0, 0.1) is 0 Å². The number of benzene rings is 5. The maximum absolute atomic E-state index is 13.8. The molecule has 3 amide bonds. The summed E-state index contributed by atoms with van der Waals surface area (Å²) in [6.07, 6.45) is 0.0557. The number of hydrogen-bond donors (Lipinski definition) is 3. The van der Waals surface area contributed by atoms with Gasteiger partial charge in [0.2, 0.25) is 0 Å². The van der Waals surface area contributed by atoms with Crippen LogP contribution >= 0.6 is 0 Å². The van der Waals surface area contributed by atoms with Crippen molar-refractivity contribution in [3.8, 4) is 11.5 Å². The third-order valence-electron chi connectivity index (χ3n) is 7.44. The molecular weight excluding hydrogens is 622 g/mol. The molecule has 0 aliphatic rings. The van der Waals surface area contributed by atoms with Gasteiger partial charge < -0.3 is 34.9 Å². The lowest BCUT2D eigenvalue weighted by Gasteiger charge is -2.19. The van der Waals surface area contributed by atoms with Gasteiger partial charge in [0.15, 0.2) is 0 Å². The average Bonchev–Trinajstić information content (AvgIpc) is 3.02. The zero-order valence-electron chi connectivity index (χ0n) is 29.0. The van der Waals surface area contributed by atoms with Crippen LogP contribution in [0.1, 0.15) is 64.7 Å². The summed E-state index contributed by atoms with van der Waals surface area (Å²) in [6.45, 7) is 12.1. The second-order valence-electron chi connectivity index (χ2n) is 13.9. The van der Waals surface area contributed by atoms with E-state index >= 15 is 0 Å². The molecule has 0 saturated carbocycles. The van der Waals surface area contributed by atoms with Gasteiger partial charge in [0.1, 0.15) is 22.7 Å². The first-order valence-electron chi connectivity index (χ1n) is 16.6. The van der Waals surface area contributed by atoms with E-state index in [0.29, 0.717) is 48.7 Å². The molecule has 49 heavy (non-hydrogen) atoms. The van der Waals surface area contributed by atoms with Crippen molar-refractivity contribution in [2.24, 2.45) is 0 Å². The van der Waals surface area contributed by atoms with Crippen molar-refractivity contribution in [2.75, 3.05) is 31.6 Å². The lowest BCUT2D eigenvalue weighted by atomic mass is 9.93. The summed E-state index contributed by atoms with van der Waals surface area (Å²) >= 11 is 0. The van der Waals surface area contributed by atoms with Gasteiger partial charge in [-0.25, -0.2) is 9.59 Å². The second-order valence-corrected chi connectivity index (χ2v) is 13.9. The Bertz CT molecular complexity index is 1870. The molecule has 3 N–H and O–H groups in total. The molecule has 0 radical (unpaired) electrons. The Kier molecular flexibility index (Phi) is 10.7. The van der Waals surface area contributed by atoms with Crippen LogP contribution in [0.3, 0.4) is 0 Å². The van der Waals surface area contributed by atoms with Crippen LogP contribution in [0.2, 0.25) is 0 Å². The van der Waals surface area contributed by atoms with Gasteiger partial charge in [-0.05, 0) is 99.5 Å². The smallest absolute Gasteiger partial charge is 0.407 e. The van der Waals surface area contributed by atoms with Gasteiger partial charge in [-0.2, -0.15) is 0 Å². The number of rotatable bonds is 12. The topological polar surface area (TPSA) is 124 Å². The fraction of sp³-hybridized carbons (Fsp3) is 0.359. The minimum Gasteiger partial charge on any atom is -0.493 e. The summed E-state index contributed by atoms with van der Waals surface area (Å²) in [6, 6.07) is 23.6. The summed E-state index contributed by atoms with van der Waals surface area (Å²) in [4.78, 5) is 37.7. The van der Waals surface area contributed by atoms with Crippen molar-refractivity contribution in [1.29, 1.82) is 0 Å². The van der Waals surface area contributed by atoms with Gasteiger partial charge in [-0.1, -0.05) is 48.5 Å². The molecule has 0 aliphatic heterocycles. The summed E-state index contributed by atoms with van der Waals surface area (Å²) in [5, 5.41) is 15.2. The number of amides is 3. The average molecular weight is 668 g/mol. The molecular formula is C39H45N3O7. The largest absolute Gasteiger partial charge is 0.493 e. The van der Waals surface area contributed by atoms with Gasteiger partial charge >= 0.3 is 12.2 Å². The third-order valence-corrected chi connectivity index (χ3v) is 7.44. The summed E-state index contributed by atoms with van der Waals surface area (Å²) in [5.41, 5.74) is -0.106. The van der Waals surface area contributed by atoms with E-state index in [9.17, 15) is 14.4 Å². The maximum atomic E-state index is 13.8. The number of alkyl carbamates (subject to hydrolysis) is 2. The highest BCUT2D eigenvalue weighted by Gasteiger charge is 2.18. The first-order valence-corrected chi connectivity index (χ1v) is 16.6. The number of anilines is 1. The van der Waals surface area contributed by atoms with Crippen LogP contribution < -0.4 is 25.4 Å². The zero-order chi connectivity index (χ0) is 35.2. The number of carbonyl (C=O) groups excluding carboxylic acids is 3. The Morgan fingerprint density at radius 3 is 1.63 bits per heavy atom. The van der Waals surface area contributed by atoms with Gasteiger partial charge in [0.05, 0.1) is 13.2 Å². The zero-order valence-corrected chi connectivity index (χ0v) is 29.0. The predicted octanol–water partition coefficient (Wildman–Crippen LogP) is 8.42. The first-order chi connectivity index (χ1) is 23.3. The molecule has 10 heteroatoms. The van der Waals surface area contributed by atoms with Gasteiger partial charge in [0, 0.05) is 35.8 Å². The molecule has 0 bridgehead atoms. The molecule has 5 rings (SSSR count). The van der Waals surface area contributed by atoms with E-state index in [4.69, 9.17) is 18.9 Å². The normalized spacial score (nSPS) is 11.8. The van der Waals surface area contributed by atoms with Crippen molar-refractivity contribution < 1.29 is 33.3 Å². The van der Waals surface area contributed by atoms with E-state index in [1.807, 2.05) is 24.3 Å². The SMILES string of the molecule is CC(C)(C)OC(=O)NCCCOc1cc(OCCCNC(=O)OC(C)(C)C)cc(C(=O)Nc2ccc3ccc4cccc5ccc2c3c45)c1. The Morgan fingerprint density at radius 2 is 1.10 bits per heavy atom. The number of hydrogen-bond acceptors (Lipinski definition) is 7. The van der Waals surface area contributed by atoms with Crippen LogP contribution in [0.25, 0.3) is 32.3 Å². The molecule has 0 atom stereocenters. The van der Waals surface area contributed by atoms with Crippen molar-refractivity contribution in [3.63, 3.8) is 0 Å². The monoisotopic (exact) mass is 667 g/mol. The van der Waals surface area contributed by atoms with Crippen molar-refractivity contribution >= 4 is 56.1 Å². The highest BCUT2D eigenvalue weighted by Crippen LogP contribution is 2.38. The van der Waals surface area contributed by atoms with Gasteiger partial charge in [-0.15, -0.1) is 0 Å². The molecule has 5 aromatic carbocycles. The van der Waals surface area contributed by atoms with Crippen LogP contribution in [0.4, 0.5) is 15.3 Å². The molecule has 0 heterocycles. The third kappa shape index (κ3) is 9.65. The van der Waals surface area contributed by atoms with Crippen molar-refractivity contribution in [2.45, 2.75) is 65.6 Å². The predicted molar refractivity (Wildman–Crippen MR) is 193 cm³/mol. The van der Waals surface area contributed by atoms with E-state index in [1.54, 1.807) is 59.7 Å². The number of carbonyl (C=O) groups is 3. The number of ether oxygens (including phenoxy) is 4. The molecule has 0 spiro atoms. The fourth-order valence-corrected chi connectivity index (χ4v) is 5.44. The molecule has 0 fully saturated rings. The highest BCUT2D eigenvalue weighted by molar-refractivity contribution is 6.26. The van der Waals surface area contributed by atoms with E-state index < -0.39 is 23.4 Å². The van der Waals surface area contributed by atoms with Crippen LogP contribution in [0.5, 0.6) is 11.5 Å². The molecule has 0 aliphatic carbocycles. The van der Waals surface area contributed by atoms with Crippen molar-refractivity contribution in [1.82, 2.24) is 10.6 Å². The molecule has 0 saturated heterocycles.